The normalized spacial score (nSPS) is 24.4. The van der Waals surface area contributed by atoms with Gasteiger partial charge in [-0.2, -0.15) is 0 Å². The summed E-state index contributed by atoms with van der Waals surface area (Å²) in [5.74, 6) is 0.0757. The van der Waals surface area contributed by atoms with E-state index in [1.54, 1.807) is 0 Å². The fourth-order valence-corrected chi connectivity index (χ4v) is 3.43. The minimum absolute atomic E-state index is 0.0967. The first-order chi connectivity index (χ1) is 8.62. The Kier molecular flexibility index (Phi) is 3.65. The summed E-state index contributed by atoms with van der Waals surface area (Å²) in [6.45, 7) is 10.1. The molecular weight excluding hydrogens is 304 g/mol. The van der Waals surface area contributed by atoms with Crippen LogP contribution in [0, 0.1) is 12.8 Å². The lowest BCUT2D eigenvalue weighted by Gasteiger charge is -2.26. The maximum atomic E-state index is 12.8. The quantitative estimate of drug-likeness (QED) is 0.747. The van der Waals surface area contributed by atoms with Gasteiger partial charge in [-0.1, -0.05) is 27.6 Å². The molecule has 2 rings (SSSR count). The molecule has 1 aliphatic heterocycles. The summed E-state index contributed by atoms with van der Waals surface area (Å²) in [5, 5.41) is 0. The zero-order valence-corrected chi connectivity index (χ0v) is 13.8. The van der Waals surface area contributed by atoms with Gasteiger partial charge < -0.3 is 4.74 Å². The van der Waals surface area contributed by atoms with Gasteiger partial charge in [0, 0.05) is 10.0 Å². The van der Waals surface area contributed by atoms with Gasteiger partial charge >= 0.3 is 0 Å². The molecule has 1 aromatic rings. The molecule has 1 saturated heterocycles. The van der Waals surface area contributed by atoms with Gasteiger partial charge in [0.05, 0.1) is 17.1 Å². The number of Topliss-reactive ketones (excluding diaryl/α,β-unsaturated/α-hetero) is 1. The summed E-state index contributed by atoms with van der Waals surface area (Å²) in [5.41, 5.74) is 1.21. The van der Waals surface area contributed by atoms with Crippen molar-refractivity contribution in [2.45, 2.75) is 52.2 Å². The molecule has 1 unspecified atom stereocenters. The number of halogens is 1. The zero-order chi connectivity index (χ0) is 14.4. The van der Waals surface area contributed by atoms with E-state index in [9.17, 15) is 4.79 Å². The van der Waals surface area contributed by atoms with Crippen LogP contribution in [0.3, 0.4) is 0 Å². The van der Waals surface area contributed by atoms with Crippen LogP contribution < -0.4 is 0 Å². The predicted octanol–water partition coefficient (Wildman–Crippen LogP) is 4.53. The second-order valence-corrected chi connectivity index (χ2v) is 7.42. The number of carbonyl (C=O) groups excluding carboxylic acids is 1. The summed E-state index contributed by atoms with van der Waals surface area (Å²) in [4.78, 5) is 12.8. The number of ketones is 1. The number of hydrogen-bond donors (Lipinski definition) is 0. The molecule has 104 valence electrons. The van der Waals surface area contributed by atoms with Crippen molar-refractivity contribution in [3.05, 3.63) is 33.8 Å². The first kappa shape index (κ1) is 14.7. The number of ether oxygens (including phenoxy) is 1. The summed E-state index contributed by atoms with van der Waals surface area (Å²) >= 11 is 3.48. The molecule has 0 saturated carbocycles. The monoisotopic (exact) mass is 324 g/mol. The molecular formula is C16H21BrO2. The number of carbonyl (C=O) groups is 1. The summed E-state index contributed by atoms with van der Waals surface area (Å²) in [6.07, 6.45) is 0.763. The van der Waals surface area contributed by atoms with Gasteiger partial charge in [-0.3, -0.25) is 4.79 Å². The number of hydrogen-bond acceptors (Lipinski definition) is 2. The van der Waals surface area contributed by atoms with E-state index < -0.39 is 5.60 Å². The molecule has 1 heterocycles. The Morgan fingerprint density at radius 1 is 1.32 bits per heavy atom. The molecule has 1 aliphatic rings. The van der Waals surface area contributed by atoms with Crippen LogP contribution in [0.1, 0.15) is 50.0 Å². The van der Waals surface area contributed by atoms with Gasteiger partial charge in [-0.15, -0.1) is 0 Å². The van der Waals surface area contributed by atoms with Crippen LogP contribution in [-0.2, 0) is 4.74 Å². The van der Waals surface area contributed by atoms with Crippen molar-refractivity contribution in [2.24, 2.45) is 5.92 Å². The van der Waals surface area contributed by atoms with Crippen molar-refractivity contribution < 1.29 is 9.53 Å². The number of aryl methyl sites for hydroxylation is 1. The molecule has 0 spiro atoms. The van der Waals surface area contributed by atoms with Crippen LogP contribution in [0.4, 0.5) is 0 Å². The molecule has 1 fully saturated rings. The molecule has 0 aromatic heterocycles. The maximum absolute atomic E-state index is 12.8. The number of rotatable bonds is 2. The Morgan fingerprint density at radius 3 is 2.47 bits per heavy atom. The largest absolute Gasteiger partial charge is 0.369 e. The predicted molar refractivity (Wildman–Crippen MR) is 80.6 cm³/mol. The first-order valence-corrected chi connectivity index (χ1v) is 7.42. The SMILES string of the molecule is Cc1ccc(Br)c(C(=O)C2CC(C)(C)OC2(C)C)c1. The smallest absolute Gasteiger partial charge is 0.170 e. The highest BCUT2D eigenvalue weighted by molar-refractivity contribution is 9.10. The Labute approximate surface area is 123 Å². The Morgan fingerprint density at radius 2 is 1.95 bits per heavy atom. The maximum Gasteiger partial charge on any atom is 0.170 e. The van der Waals surface area contributed by atoms with E-state index in [2.05, 4.69) is 15.9 Å². The number of benzene rings is 1. The van der Waals surface area contributed by atoms with Gasteiger partial charge in [0.25, 0.3) is 0 Å². The van der Waals surface area contributed by atoms with Crippen LogP contribution >= 0.6 is 15.9 Å². The van der Waals surface area contributed by atoms with E-state index >= 15 is 0 Å². The lowest BCUT2D eigenvalue weighted by atomic mass is 9.81. The third kappa shape index (κ3) is 2.92. The molecule has 0 bridgehead atoms. The standard InChI is InChI=1S/C16H21BrO2/c1-10-6-7-13(17)11(8-10)14(18)12-9-15(2,3)19-16(12,4)5/h6-8,12H,9H2,1-5H3. The third-order valence-electron chi connectivity index (χ3n) is 3.78. The second kappa shape index (κ2) is 4.71. The highest BCUT2D eigenvalue weighted by Gasteiger charge is 2.49. The third-order valence-corrected chi connectivity index (χ3v) is 4.47. The summed E-state index contributed by atoms with van der Waals surface area (Å²) in [7, 11) is 0. The van der Waals surface area contributed by atoms with E-state index in [0.29, 0.717) is 0 Å². The topological polar surface area (TPSA) is 26.3 Å². The van der Waals surface area contributed by atoms with Crippen LogP contribution in [0.5, 0.6) is 0 Å². The highest BCUT2D eigenvalue weighted by atomic mass is 79.9. The first-order valence-electron chi connectivity index (χ1n) is 6.63. The molecule has 0 amide bonds. The molecule has 0 N–H and O–H groups in total. The Balaban J connectivity index is 2.37. The summed E-state index contributed by atoms with van der Waals surface area (Å²) < 4.78 is 6.89. The van der Waals surface area contributed by atoms with Crippen LogP contribution in [0.2, 0.25) is 0 Å². The molecule has 0 radical (unpaired) electrons. The van der Waals surface area contributed by atoms with Crippen LogP contribution in [-0.4, -0.2) is 17.0 Å². The van der Waals surface area contributed by atoms with Crippen molar-refractivity contribution in [1.29, 1.82) is 0 Å². The van der Waals surface area contributed by atoms with E-state index in [-0.39, 0.29) is 17.3 Å². The lowest BCUT2D eigenvalue weighted by molar-refractivity contribution is -0.0712. The van der Waals surface area contributed by atoms with Gasteiger partial charge in [0.2, 0.25) is 0 Å². The van der Waals surface area contributed by atoms with Gasteiger partial charge in [-0.05, 0) is 53.2 Å². The van der Waals surface area contributed by atoms with E-state index in [0.717, 1.165) is 22.0 Å². The molecule has 19 heavy (non-hydrogen) atoms. The van der Waals surface area contributed by atoms with E-state index in [4.69, 9.17) is 4.74 Å². The van der Waals surface area contributed by atoms with Gasteiger partial charge in [0.15, 0.2) is 5.78 Å². The fraction of sp³-hybridized carbons (Fsp3) is 0.562. The van der Waals surface area contributed by atoms with E-state index in [1.165, 1.54) is 0 Å². The fourth-order valence-electron chi connectivity index (χ4n) is 2.99. The Hall–Kier alpha value is -0.670. The lowest BCUT2D eigenvalue weighted by Crippen LogP contribution is -2.34. The van der Waals surface area contributed by atoms with Crippen molar-refractivity contribution in [1.82, 2.24) is 0 Å². The minimum Gasteiger partial charge on any atom is -0.369 e. The van der Waals surface area contributed by atoms with Crippen LogP contribution in [0.15, 0.2) is 22.7 Å². The van der Waals surface area contributed by atoms with Gasteiger partial charge in [-0.25, -0.2) is 0 Å². The van der Waals surface area contributed by atoms with E-state index in [1.807, 2.05) is 52.8 Å². The molecule has 3 heteroatoms. The van der Waals surface area contributed by atoms with Crippen molar-refractivity contribution in [3.63, 3.8) is 0 Å². The second-order valence-electron chi connectivity index (χ2n) is 6.57. The van der Waals surface area contributed by atoms with Gasteiger partial charge in [0.1, 0.15) is 0 Å². The Bertz CT molecular complexity index is 517. The van der Waals surface area contributed by atoms with Crippen molar-refractivity contribution in [2.75, 3.05) is 0 Å². The van der Waals surface area contributed by atoms with Crippen molar-refractivity contribution in [3.8, 4) is 0 Å². The minimum atomic E-state index is -0.413. The average molecular weight is 325 g/mol. The van der Waals surface area contributed by atoms with Crippen LogP contribution in [0.25, 0.3) is 0 Å². The summed E-state index contributed by atoms with van der Waals surface area (Å²) in [6, 6.07) is 5.89. The van der Waals surface area contributed by atoms with Crippen molar-refractivity contribution >= 4 is 21.7 Å². The zero-order valence-electron chi connectivity index (χ0n) is 12.2. The molecule has 1 aromatic carbocycles. The molecule has 1 atom stereocenters. The average Bonchev–Trinajstić information content (AvgIpc) is 2.49. The molecule has 2 nitrogen and oxygen atoms in total. The highest BCUT2D eigenvalue weighted by Crippen LogP contribution is 2.44. The molecule has 0 aliphatic carbocycles.